The van der Waals surface area contributed by atoms with Crippen molar-refractivity contribution >= 4 is 23.3 Å². The molecule has 2 aromatic heterocycles. The zero-order valence-electron chi connectivity index (χ0n) is 16.9. The lowest BCUT2D eigenvalue weighted by Gasteiger charge is -2.14. The quantitative estimate of drug-likeness (QED) is 0.438. The van der Waals surface area contributed by atoms with Crippen molar-refractivity contribution < 1.29 is 23.5 Å². The number of fused-ring (bicyclic) bond motifs is 1. The van der Waals surface area contributed by atoms with E-state index in [2.05, 4.69) is 4.98 Å². The van der Waals surface area contributed by atoms with Crippen molar-refractivity contribution in [2.75, 3.05) is 13.7 Å². The summed E-state index contributed by atoms with van der Waals surface area (Å²) in [6, 6.07) is 6.06. The second-order valence-electron chi connectivity index (χ2n) is 6.66. The van der Waals surface area contributed by atoms with Crippen molar-refractivity contribution in [3.05, 3.63) is 68.9 Å². The van der Waals surface area contributed by atoms with Gasteiger partial charge in [-0.3, -0.25) is 9.78 Å². The first kappa shape index (κ1) is 21.2. The highest BCUT2D eigenvalue weighted by Gasteiger charge is 2.24. The van der Waals surface area contributed by atoms with Gasteiger partial charge in [0.25, 0.3) is 5.56 Å². The number of ether oxygens (including phenoxy) is 2. The van der Waals surface area contributed by atoms with Gasteiger partial charge >= 0.3 is 5.97 Å². The van der Waals surface area contributed by atoms with Crippen LogP contribution < -0.4 is 10.3 Å². The lowest BCUT2D eigenvalue weighted by atomic mass is 9.98. The molecule has 3 rings (SSSR count). The lowest BCUT2D eigenvalue weighted by Crippen LogP contribution is -2.27. The number of benzene rings is 1. The number of nitrogens with zero attached hydrogens (tertiary/aromatic N) is 2. The second kappa shape index (κ2) is 8.86. The van der Waals surface area contributed by atoms with Crippen LogP contribution in [0.3, 0.4) is 0 Å². The van der Waals surface area contributed by atoms with E-state index in [0.717, 1.165) is 17.4 Å². The third-order valence-electron chi connectivity index (χ3n) is 4.80. The predicted octanol–water partition coefficient (Wildman–Crippen LogP) is 2.59. The van der Waals surface area contributed by atoms with E-state index in [-0.39, 0.29) is 24.3 Å². The molecule has 2 heterocycles. The van der Waals surface area contributed by atoms with Gasteiger partial charge in [-0.05, 0) is 48.2 Å². The Balaban J connectivity index is 2.13. The zero-order chi connectivity index (χ0) is 21.8. The number of carbonyl (C=O) groups excluding carboxylic acids is 2. The normalized spacial score (nSPS) is 10.8. The van der Waals surface area contributed by atoms with Gasteiger partial charge in [0.1, 0.15) is 17.6 Å². The molecule has 156 valence electrons. The smallest absolute Gasteiger partial charge is 0.347 e. The van der Waals surface area contributed by atoms with Crippen molar-refractivity contribution in [2.45, 2.75) is 19.8 Å². The Morgan fingerprint density at radius 3 is 2.70 bits per heavy atom. The summed E-state index contributed by atoms with van der Waals surface area (Å²) in [5.74, 6) is -1.13. The third kappa shape index (κ3) is 3.94. The van der Waals surface area contributed by atoms with E-state index in [9.17, 15) is 18.8 Å². The Hall–Kier alpha value is -3.55. The van der Waals surface area contributed by atoms with Crippen LogP contribution in [0.15, 0.2) is 35.3 Å². The number of carbonyl (C=O) groups is 2. The summed E-state index contributed by atoms with van der Waals surface area (Å²) in [6.45, 7) is 1.77. The molecule has 0 aliphatic heterocycles. The van der Waals surface area contributed by atoms with Crippen LogP contribution in [0.5, 0.6) is 5.75 Å². The molecule has 0 aliphatic carbocycles. The van der Waals surface area contributed by atoms with Gasteiger partial charge in [0, 0.05) is 19.7 Å². The van der Waals surface area contributed by atoms with Crippen LogP contribution in [0.2, 0.25) is 0 Å². The van der Waals surface area contributed by atoms with Crippen molar-refractivity contribution in [1.29, 1.82) is 0 Å². The van der Waals surface area contributed by atoms with Crippen LogP contribution in [-0.2, 0) is 29.4 Å². The minimum Gasteiger partial charge on any atom is -0.493 e. The van der Waals surface area contributed by atoms with Crippen LogP contribution in [0.1, 0.15) is 34.0 Å². The maximum Gasteiger partial charge on any atom is 0.347 e. The number of aryl methyl sites for hydroxylation is 1. The number of aromatic nitrogens is 2. The van der Waals surface area contributed by atoms with E-state index >= 15 is 0 Å². The molecule has 0 saturated carbocycles. The fourth-order valence-electron chi connectivity index (χ4n) is 3.36. The number of rotatable bonds is 7. The first-order valence-corrected chi connectivity index (χ1v) is 9.34. The van der Waals surface area contributed by atoms with Crippen molar-refractivity contribution in [3.63, 3.8) is 0 Å². The lowest BCUT2D eigenvalue weighted by molar-refractivity contribution is -0.107. The van der Waals surface area contributed by atoms with Crippen molar-refractivity contribution in [3.8, 4) is 5.75 Å². The standard InChI is InChI=1S/C22H21FN2O5/c1-4-30-22(28)18-20(29-3)19-17(25(2)21(18)27)10-13(12-24-19)9-14-5-6-16(23)11-15(14)7-8-26/h5-6,8,10-12H,4,7,9H2,1-3H3. The van der Waals surface area contributed by atoms with Crippen molar-refractivity contribution in [2.24, 2.45) is 7.05 Å². The van der Waals surface area contributed by atoms with Crippen LogP contribution in [0, 0.1) is 5.82 Å². The molecule has 0 saturated heterocycles. The van der Waals surface area contributed by atoms with Crippen molar-refractivity contribution in [1.82, 2.24) is 9.55 Å². The Kier molecular flexibility index (Phi) is 6.25. The largest absolute Gasteiger partial charge is 0.493 e. The highest BCUT2D eigenvalue weighted by atomic mass is 19.1. The highest BCUT2D eigenvalue weighted by Crippen LogP contribution is 2.27. The molecule has 30 heavy (non-hydrogen) atoms. The molecule has 8 heteroatoms. The summed E-state index contributed by atoms with van der Waals surface area (Å²) in [5, 5.41) is 0. The summed E-state index contributed by atoms with van der Waals surface area (Å²) < 4.78 is 25.2. The minimum absolute atomic E-state index is 0.0570. The Morgan fingerprint density at radius 1 is 1.27 bits per heavy atom. The first-order valence-electron chi connectivity index (χ1n) is 9.34. The van der Waals surface area contributed by atoms with Gasteiger partial charge in [0.15, 0.2) is 11.3 Å². The maximum absolute atomic E-state index is 13.5. The van der Waals surface area contributed by atoms with Crippen LogP contribution in [0.4, 0.5) is 4.39 Å². The van der Waals surface area contributed by atoms with E-state index in [4.69, 9.17) is 9.47 Å². The van der Waals surface area contributed by atoms with Gasteiger partial charge in [-0.15, -0.1) is 0 Å². The molecule has 1 aromatic carbocycles. The Bertz CT molecular complexity index is 1190. The zero-order valence-corrected chi connectivity index (χ0v) is 16.9. The fourth-order valence-corrected chi connectivity index (χ4v) is 3.36. The van der Waals surface area contributed by atoms with Crippen LogP contribution in [-0.4, -0.2) is 35.5 Å². The molecule has 0 aliphatic rings. The van der Waals surface area contributed by atoms with Gasteiger partial charge in [-0.2, -0.15) is 0 Å². The number of pyridine rings is 2. The van der Waals surface area contributed by atoms with E-state index in [1.807, 2.05) is 0 Å². The molecule has 0 atom stereocenters. The monoisotopic (exact) mass is 412 g/mol. The maximum atomic E-state index is 13.5. The Labute approximate surface area is 172 Å². The molecule has 0 unspecified atom stereocenters. The van der Waals surface area contributed by atoms with Gasteiger partial charge in [0.05, 0.1) is 19.2 Å². The van der Waals surface area contributed by atoms with Crippen LogP contribution in [0.25, 0.3) is 11.0 Å². The number of esters is 1. The molecule has 0 spiro atoms. The number of methoxy groups -OCH3 is 1. The van der Waals surface area contributed by atoms with Gasteiger partial charge in [0.2, 0.25) is 0 Å². The summed E-state index contributed by atoms with van der Waals surface area (Å²) in [6.07, 6.45) is 2.81. The summed E-state index contributed by atoms with van der Waals surface area (Å²) in [7, 11) is 2.89. The molecule has 0 bridgehead atoms. The van der Waals surface area contributed by atoms with E-state index in [1.54, 1.807) is 25.3 Å². The number of hydrogen-bond donors (Lipinski definition) is 0. The third-order valence-corrected chi connectivity index (χ3v) is 4.80. The summed E-state index contributed by atoms with van der Waals surface area (Å²) in [5.41, 5.74) is 2.18. The van der Waals surface area contributed by atoms with E-state index < -0.39 is 17.3 Å². The van der Waals surface area contributed by atoms with Gasteiger partial charge in [-0.1, -0.05) is 6.07 Å². The predicted molar refractivity (Wildman–Crippen MR) is 108 cm³/mol. The Morgan fingerprint density at radius 2 is 2.03 bits per heavy atom. The molecular weight excluding hydrogens is 391 g/mol. The average Bonchev–Trinajstić information content (AvgIpc) is 2.73. The molecule has 0 N–H and O–H groups in total. The average molecular weight is 412 g/mol. The SMILES string of the molecule is CCOC(=O)c1c(OC)c2ncc(Cc3ccc(F)cc3CC=O)cc2n(C)c1=O. The number of hydrogen-bond acceptors (Lipinski definition) is 6. The molecular formula is C22H21FN2O5. The molecule has 0 radical (unpaired) electrons. The highest BCUT2D eigenvalue weighted by molar-refractivity contribution is 5.98. The molecule has 3 aromatic rings. The number of halogens is 1. The summed E-state index contributed by atoms with van der Waals surface area (Å²) in [4.78, 5) is 40.4. The summed E-state index contributed by atoms with van der Waals surface area (Å²) >= 11 is 0. The second-order valence-corrected chi connectivity index (χ2v) is 6.66. The number of aldehydes is 1. The topological polar surface area (TPSA) is 87.5 Å². The minimum atomic E-state index is -0.771. The van der Waals surface area contributed by atoms with E-state index in [0.29, 0.717) is 23.0 Å². The van der Waals surface area contributed by atoms with Gasteiger partial charge in [-0.25, -0.2) is 9.18 Å². The first-order chi connectivity index (χ1) is 14.4. The van der Waals surface area contributed by atoms with Crippen LogP contribution >= 0.6 is 0 Å². The molecule has 7 nitrogen and oxygen atoms in total. The molecule has 0 amide bonds. The van der Waals surface area contributed by atoms with E-state index in [1.165, 1.54) is 30.9 Å². The molecule has 0 fully saturated rings. The fraction of sp³-hybridized carbons (Fsp3) is 0.273. The van der Waals surface area contributed by atoms with Gasteiger partial charge < -0.3 is 18.8 Å².